The molecule has 2 rings (SSSR count). The van der Waals surface area contributed by atoms with Gasteiger partial charge in [-0.1, -0.05) is 23.4 Å². The van der Waals surface area contributed by atoms with E-state index in [0.29, 0.717) is 17.7 Å². The molecule has 0 saturated heterocycles. The van der Waals surface area contributed by atoms with Crippen LogP contribution in [0.15, 0.2) is 46.2 Å². The average molecular weight is 275 g/mol. The Morgan fingerprint density at radius 3 is 2.89 bits per heavy atom. The fraction of sp³-hybridized carbons (Fsp3) is 0.0769. The van der Waals surface area contributed by atoms with E-state index in [1.165, 1.54) is 11.3 Å². The second-order valence-corrected chi connectivity index (χ2v) is 4.66. The number of carbonyl (C=O) groups excluding carboxylic acids is 1. The molecule has 6 heteroatoms. The minimum atomic E-state index is -0.115. The standard InChI is InChI=1S/C13H13N3O2S/c14-12(16-18)10-3-1-2-9(6-10)7-15-13(17)11-4-5-19-8-11/h1-6,8,18H,7H2,(H2,14,16)(H,15,17). The summed E-state index contributed by atoms with van der Waals surface area (Å²) in [5.41, 5.74) is 7.66. The van der Waals surface area contributed by atoms with E-state index >= 15 is 0 Å². The number of oxime groups is 1. The van der Waals surface area contributed by atoms with Gasteiger partial charge in [-0.15, -0.1) is 0 Å². The molecule has 0 radical (unpaired) electrons. The summed E-state index contributed by atoms with van der Waals surface area (Å²) < 4.78 is 0. The van der Waals surface area contributed by atoms with Gasteiger partial charge in [-0.25, -0.2) is 0 Å². The van der Waals surface area contributed by atoms with Gasteiger partial charge < -0.3 is 16.3 Å². The highest BCUT2D eigenvalue weighted by molar-refractivity contribution is 7.08. The summed E-state index contributed by atoms with van der Waals surface area (Å²) in [6.45, 7) is 0.390. The van der Waals surface area contributed by atoms with E-state index < -0.39 is 0 Å². The van der Waals surface area contributed by atoms with Gasteiger partial charge in [0.25, 0.3) is 5.91 Å². The molecular weight excluding hydrogens is 262 g/mol. The molecular formula is C13H13N3O2S. The van der Waals surface area contributed by atoms with Crippen LogP contribution in [-0.4, -0.2) is 17.0 Å². The summed E-state index contributed by atoms with van der Waals surface area (Å²) in [6, 6.07) is 8.93. The first-order valence-electron chi connectivity index (χ1n) is 5.58. The third kappa shape index (κ3) is 3.32. The molecule has 0 aliphatic rings. The van der Waals surface area contributed by atoms with Crippen molar-refractivity contribution in [2.45, 2.75) is 6.54 Å². The molecule has 0 bridgehead atoms. The van der Waals surface area contributed by atoms with E-state index in [-0.39, 0.29) is 11.7 Å². The molecule has 1 aromatic heterocycles. The zero-order valence-electron chi connectivity index (χ0n) is 10.0. The predicted octanol–water partition coefficient (Wildman–Crippen LogP) is 1.77. The van der Waals surface area contributed by atoms with Gasteiger partial charge in [-0.05, 0) is 23.1 Å². The first kappa shape index (κ1) is 13.1. The molecule has 0 unspecified atom stereocenters. The minimum absolute atomic E-state index is 0.0472. The Labute approximate surface area is 114 Å². The monoisotopic (exact) mass is 275 g/mol. The third-order valence-corrected chi connectivity index (χ3v) is 3.25. The van der Waals surface area contributed by atoms with Crippen LogP contribution in [0.25, 0.3) is 0 Å². The highest BCUT2D eigenvalue weighted by Crippen LogP contribution is 2.08. The zero-order chi connectivity index (χ0) is 13.7. The predicted molar refractivity (Wildman–Crippen MR) is 74.4 cm³/mol. The highest BCUT2D eigenvalue weighted by atomic mass is 32.1. The Balaban J connectivity index is 2.02. The van der Waals surface area contributed by atoms with Gasteiger partial charge in [0, 0.05) is 23.1 Å². The molecule has 0 fully saturated rings. The number of nitrogens with one attached hydrogen (secondary N) is 1. The van der Waals surface area contributed by atoms with Crippen molar-refractivity contribution in [3.05, 3.63) is 57.8 Å². The molecule has 1 heterocycles. The van der Waals surface area contributed by atoms with E-state index in [1.54, 1.807) is 29.6 Å². The van der Waals surface area contributed by atoms with Gasteiger partial charge in [0.05, 0.1) is 0 Å². The van der Waals surface area contributed by atoms with Crippen LogP contribution in [0.5, 0.6) is 0 Å². The topological polar surface area (TPSA) is 87.7 Å². The van der Waals surface area contributed by atoms with Crippen LogP contribution in [0.2, 0.25) is 0 Å². The lowest BCUT2D eigenvalue weighted by molar-refractivity contribution is 0.0951. The maximum absolute atomic E-state index is 11.8. The van der Waals surface area contributed by atoms with Crippen LogP contribution in [0.1, 0.15) is 21.5 Å². The fourth-order valence-corrected chi connectivity index (χ4v) is 2.21. The Kier molecular flexibility index (Phi) is 4.15. The Bertz CT molecular complexity index is 594. The maximum Gasteiger partial charge on any atom is 0.252 e. The van der Waals surface area contributed by atoms with Crippen molar-refractivity contribution in [2.75, 3.05) is 0 Å². The van der Waals surface area contributed by atoms with Crippen LogP contribution in [0, 0.1) is 0 Å². The summed E-state index contributed by atoms with van der Waals surface area (Å²) in [6.07, 6.45) is 0. The largest absolute Gasteiger partial charge is 0.409 e. The van der Waals surface area contributed by atoms with Crippen LogP contribution >= 0.6 is 11.3 Å². The van der Waals surface area contributed by atoms with Crippen LogP contribution < -0.4 is 11.1 Å². The van der Waals surface area contributed by atoms with Gasteiger partial charge in [-0.3, -0.25) is 4.79 Å². The van der Waals surface area contributed by atoms with Crippen molar-refractivity contribution < 1.29 is 10.0 Å². The second-order valence-electron chi connectivity index (χ2n) is 3.88. The van der Waals surface area contributed by atoms with Crippen molar-refractivity contribution in [3.8, 4) is 0 Å². The van der Waals surface area contributed by atoms with Gasteiger partial charge >= 0.3 is 0 Å². The fourth-order valence-electron chi connectivity index (χ4n) is 1.58. The number of amidine groups is 1. The molecule has 19 heavy (non-hydrogen) atoms. The van der Waals surface area contributed by atoms with Crippen molar-refractivity contribution in [2.24, 2.45) is 10.9 Å². The van der Waals surface area contributed by atoms with Crippen molar-refractivity contribution in [3.63, 3.8) is 0 Å². The quantitative estimate of drug-likeness (QED) is 0.344. The van der Waals surface area contributed by atoms with Crippen molar-refractivity contribution in [1.29, 1.82) is 0 Å². The van der Waals surface area contributed by atoms with Crippen molar-refractivity contribution in [1.82, 2.24) is 5.32 Å². The molecule has 5 nitrogen and oxygen atoms in total. The lowest BCUT2D eigenvalue weighted by Gasteiger charge is -2.06. The maximum atomic E-state index is 11.8. The smallest absolute Gasteiger partial charge is 0.252 e. The van der Waals surface area contributed by atoms with E-state index in [1.807, 2.05) is 11.4 Å². The number of hydrogen-bond acceptors (Lipinski definition) is 4. The number of thiophene rings is 1. The Hall–Kier alpha value is -2.34. The molecule has 2 aromatic rings. The first-order valence-corrected chi connectivity index (χ1v) is 6.52. The van der Waals surface area contributed by atoms with E-state index in [0.717, 1.165) is 5.56 Å². The molecule has 1 aromatic carbocycles. The van der Waals surface area contributed by atoms with Gasteiger partial charge in [-0.2, -0.15) is 11.3 Å². The van der Waals surface area contributed by atoms with Gasteiger partial charge in [0.2, 0.25) is 0 Å². The normalized spacial score (nSPS) is 11.3. The molecule has 0 spiro atoms. The zero-order valence-corrected chi connectivity index (χ0v) is 10.9. The summed E-state index contributed by atoms with van der Waals surface area (Å²) in [5.74, 6) is -0.0681. The number of benzene rings is 1. The van der Waals surface area contributed by atoms with Gasteiger partial charge in [0.1, 0.15) is 0 Å². The molecule has 0 aliphatic heterocycles. The Morgan fingerprint density at radius 1 is 1.37 bits per heavy atom. The van der Waals surface area contributed by atoms with Crippen LogP contribution in [0.4, 0.5) is 0 Å². The number of hydrogen-bond donors (Lipinski definition) is 3. The van der Waals surface area contributed by atoms with E-state index in [9.17, 15) is 4.79 Å². The summed E-state index contributed by atoms with van der Waals surface area (Å²) in [4.78, 5) is 11.8. The lowest BCUT2D eigenvalue weighted by Crippen LogP contribution is -2.22. The van der Waals surface area contributed by atoms with Gasteiger partial charge in [0.15, 0.2) is 5.84 Å². The highest BCUT2D eigenvalue weighted by Gasteiger charge is 2.06. The number of amides is 1. The minimum Gasteiger partial charge on any atom is -0.409 e. The van der Waals surface area contributed by atoms with Crippen LogP contribution in [-0.2, 0) is 6.54 Å². The lowest BCUT2D eigenvalue weighted by atomic mass is 10.1. The third-order valence-electron chi connectivity index (χ3n) is 2.57. The first-order chi connectivity index (χ1) is 9.20. The number of nitrogens with zero attached hydrogens (tertiary/aromatic N) is 1. The second kappa shape index (κ2) is 6.01. The number of carbonyl (C=O) groups is 1. The molecule has 0 saturated carbocycles. The Morgan fingerprint density at radius 2 is 2.21 bits per heavy atom. The SMILES string of the molecule is NC(=NO)c1cccc(CNC(=O)c2ccsc2)c1. The molecule has 0 aliphatic carbocycles. The summed E-state index contributed by atoms with van der Waals surface area (Å²) >= 11 is 1.48. The number of rotatable bonds is 4. The van der Waals surface area contributed by atoms with E-state index in [2.05, 4.69) is 10.5 Å². The number of nitrogens with two attached hydrogens (primary N) is 1. The molecule has 0 atom stereocenters. The molecule has 1 amide bonds. The summed E-state index contributed by atoms with van der Waals surface area (Å²) in [7, 11) is 0. The summed E-state index contributed by atoms with van der Waals surface area (Å²) in [5, 5.41) is 18.0. The molecule has 98 valence electrons. The average Bonchev–Trinajstić information content (AvgIpc) is 2.98. The molecule has 4 N–H and O–H groups in total. The van der Waals surface area contributed by atoms with Crippen molar-refractivity contribution >= 4 is 23.1 Å². The van der Waals surface area contributed by atoms with E-state index in [4.69, 9.17) is 10.9 Å². The van der Waals surface area contributed by atoms with Crippen LogP contribution in [0.3, 0.4) is 0 Å².